The number of likely N-dealkylation sites (N-methyl/N-ethyl adjacent to an activating group) is 1. The van der Waals surface area contributed by atoms with Gasteiger partial charge in [-0.1, -0.05) is 6.92 Å². The van der Waals surface area contributed by atoms with Gasteiger partial charge >= 0.3 is 0 Å². The first-order chi connectivity index (χ1) is 12.8. The molecule has 28 heavy (non-hydrogen) atoms. The van der Waals surface area contributed by atoms with Gasteiger partial charge < -0.3 is 5.32 Å². The molecule has 1 unspecified atom stereocenters. The molecule has 2 rings (SSSR count). The lowest BCUT2D eigenvalue weighted by molar-refractivity contribution is -0.121. The second-order valence-corrected chi connectivity index (χ2v) is 11.7. The zero-order valence-electron chi connectivity index (χ0n) is 17.4. The number of benzene rings is 1. The van der Waals surface area contributed by atoms with E-state index in [2.05, 4.69) is 5.32 Å². The molecule has 1 aliphatic heterocycles. The van der Waals surface area contributed by atoms with Crippen LogP contribution in [0.1, 0.15) is 41.2 Å². The molecule has 0 spiro atoms. The van der Waals surface area contributed by atoms with E-state index in [1.165, 1.54) is 0 Å². The van der Waals surface area contributed by atoms with E-state index in [4.69, 9.17) is 0 Å². The highest BCUT2D eigenvalue weighted by atomic mass is 32.2. The zero-order chi connectivity index (χ0) is 21.4. The summed E-state index contributed by atoms with van der Waals surface area (Å²) in [5.74, 6) is -0.524. The lowest BCUT2D eigenvalue weighted by atomic mass is 9.95. The van der Waals surface area contributed by atoms with Gasteiger partial charge in [0.1, 0.15) is 0 Å². The van der Waals surface area contributed by atoms with Crippen molar-refractivity contribution >= 4 is 25.8 Å². The van der Waals surface area contributed by atoms with Crippen LogP contribution in [-0.4, -0.2) is 57.7 Å². The normalized spacial score (nSPS) is 19.2. The summed E-state index contributed by atoms with van der Waals surface area (Å²) in [7, 11) is -6.99. The van der Waals surface area contributed by atoms with Gasteiger partial charge in [0.15, 0.2) is 9.84 Å². The Morgan fingerprint density at radius 1 is 1.04 bits per heavy atom. The molecule has 1 amide bonds. The highest BCUT2D eigenvalue weighted by Gasteiger charge is 2.33. The number of amides is 1. The van der Waals surface area contributed by atoms with Crippen molar-refractivity contribution in [2.45, 2.75) is 58.9 Å². The molecule has 1 heterocycles. The van der Waals surface area contributed by atoms with Gasteiger partial charge in [-0.15, -0.1) is 0 Å². The summed E-state index contributed by atoms with van der Waals surface area (Å²) in [5.41, 5.74) is 4.32. The van der Waals surface area contributed by atoms with Crippen molar-refractivity contribution in [2.24, 2.45) is 0 Å². The fourth-order valence-corrected chi connectivity index (χ4v) is 7.33. The van der Waals surface area contributed by atoms with Gasteiger partial charge in [0.05, 0.1) is 22.9 Å². The van der Waals surface area contributed by atoms with Gasteiger partial charge in [-0.2, -0.15) is 4.31 Å². The number of nitrogens with zero attached hydrogens (tertiary/aromatic N) is 1. The Bertz CT molecular complexity index is 969. The predicted octanol–water partition coefficient (Wildman–Crippen LogP) is 1.54. The molecule has 1 aromatic carbocycles. The van der Waals surface area contributed by atoms with Crippen LogP contribution in [0.4, 0.5) is 0 Å². The minimum absolute atomic E-state index is 0.0496. The van der Waals surface area contributed by atoms with Crippen molar-refractivity contribution in [2.75, 3.05) is 24.6 Å². The van der Waals surface area contributed by atoms with Gasteiger partial charge in [0.2, 0.25) is 15.9 Å². The lowest BCUT2D eigenvalue weighted by Crippen LogP contribution is -2.44. The average molecular weight is 431 g/mol. The van der Waals surface area contributed by atoms with Crippen LogP contribution in [0.25, 0.3) is 0 Å². The van der Waals surface area contributed by atoms with Crippen molar-refractivity contribution in [3.8, 4) is 0 Å². The summed E-state index contributed by atoms with van der Waals surface area (Å²) in [4.78, 5) is 12.7. The molecule has 1 N–H and O–H groups in total. The van der Waals surface area contributed by atoms with Crippen LogP contribution in [0.2, 0.25) is 0 Å². The van der Waals surface area contributed by atoms with Crippen LogP contribution in [-0.2, 0) is 24.7 Å². The van der Waals surface area contributed by atoms with Crippen LogP contribution < -0.4 is 5.32 Å². The topological polar surface area (TPSA) is 101 Å². The number of carbonyl (C=O) groups is 1. The molecule has 0 aromatic heterocycles. The van der Waals surface area contributed by atoms with E-state index in [1.54, 1.807) is 20.8 Å². The Morgan fingerprint density at radius 2 is 1.54 bits per heavy atom. The van der Waals surface area contributed by atoms with Crippen molar-refractivity contribution in [3.05, 3.63) is 27.8 Å². The van der Waals surface area contributed by atoms with Gasteiger partial charge in [0, 0.05) is 12.6 Å². The number of carbonyl (C=O) groups excluding carboxylic acids is 1. The number of sulfonamides is 1. The molecule has 0 radical (unpaired) electrons. The Kier molecular flexibility index (Phi) is 6.62. The summed E-state index contributed by atoms with van der Waals surface area (Å²) in [6.45, 7) is 10.9. The molecule has 158 valence electrons. The number of sulfone groups is 1. The van der Waals surface area contributed by atoms with Crippen LogP contribution in [0.3, 0.4) is 0 Å². The molecule has 7 nitrogen and oxygen atoms in total. The molecule has 1 aromatic rings. The average Bonchev–Trinajstić information content (AvgIpc) is 2.94. The third kappa shape index (κ3) is 4.41. The molecule has 1 atom stereocenters. The van der Waals surface area contributed by atoms with E-state index < -0.39 is 31.8 Å². The zero-order valence-corrected chi connectivity index (χ0v) is 19.1. The molecule has 0 bridgehead atoms. The van der Waals surface area contributed by atoms with E-state index in [0.717, 1.165) is 21.0 Å². The summed E-state index contributed by atoms with van der Waals surface area (Å²) < 4.78 is 50.9. The van der Waals surface area contributed by atoms with E-state index >= 15 is 0 Å². The van der Waals surface area contributed by atoms with E-state index in [9.17, 15) is 21.6 Å². The van der Waals surface area contributed by atoms with Crippen LogP contribution in [0, 0.1) is 34.6 Å². The first-order valence-electron chi connectivity index (χ1n) is 9.38. The van der Waals surface area contributed by atoms with Gasteiger partial charge in [-0.05, 0) is 68.9 Å². The lowest BCUT2D eigenvalue weighted by Gasteiger charge is -2.25. The number of nitrogens with one attached hydrogen (secondary N) is 1. The smallest absolute Gasteiger partial charge is 0.244 e. The highest BCUT2D eigenvalue weighted by molar-refractivity contribution is 7.91. The minimum Gasteiger partial charge on any atom is -0.351 e. The summed E-state index contributed by atoms with van der Waals surface area (Å²) in [5, 5.41) is 2.66. The van der Waals surface area contributed by atoms with Crippen molar-refractivity contribution < 1.29 is 21.6 Å². The summed E-state index contributed by atoms with van der Waals surface area (Å²) in [6, 6.07) is -0.453. The number of hydrogen-bond donors (Lipinski definition) is 1. The quantitative estimate of drug-likeness (QED) is 0.738. The van der Waals surface area contributed by atoms with Crippen molar-refractivity contribution in [1.29, 1.82) is 0 Å². The molecular formula is C19H30N2O5S2. The largest absolute Gasteiger partial charge is 0.351 e. The number of hydrogen-bond acceptors (Lipinski definition) is 5. The molecule has 9 heteroatoms. The second-order valence-electron chi connectivity index (χ2n) is 7.55. The van der Waals surface area contributed by atoms with Gasteiger partial charge in [-0.25, -0.2) is 16.8 Å². The van der Waals surface area contributed by atoms with Crippen LogP contribution >= 0.6 is 0 Å². The maximum absolute atomic E-state index is 13.3. The molecule has 0 aliphatic carbocycles. The van der Waals surface area contributed by atoms with Crippen molar-refractivity contribution in [3.63, 3.8) is 0 Å². The monoisotopic (exact) mass is 430 g/mol. The van der Waals surface area contributed by atoms with E-state index in [1.807, 2.05) is 20.8 Å². The standard InChI is InChI=1S/C19H30N2O5S2/c1-7-21(10-18(22)20-17-8-9-27(23,24)11-17)28(25,26)19-15(5)13(3)12(2)14(4)16(19)6/h17H,7-11H2,1-6H3,(H,20,22). The Balaban J connectivity index is 2.30. The maximum atomic E-state index is 13.3. The minimum atomic E-state index is -3.87. The molecular weight excluding hydrogens is 400 g/mol. The maximum Gasteiger partial charge on any atom is 0.244 e. The van der Waals surface area contributed by atoms with E-state index in [-0.39, 0.29) is 29.5 Å². The van der Waals surface area contributed by atoms with E-state index in [0.29, 0.717) is 17.5 Å². The fraction of sp³-hybridized carbons (Fsp3) is 0.632. The highest BCUT2D eigenvalue weighted by Crippen LogP contribution is 2.31. The molecule has 0 saturated carbocycles. The predicted molar refractivity (Wildman–Crippen MR) is 110 cm³/mol. The Morgan fingerprint density at radius 3 is 1.96 bits per heavy atom. The molecule has 1 saturated heterocycles. The first kappa shape index (κ1) is 22.8. The molecule has 1 fully saturated rings. The SMILES string of the molecule is CCN(CC(=O)NC1CCS(=O)(=O)C1)S(=O)(=O)c1c(C)c(C)c(C)c(C)c1C. The summed E-state index contributed by atoms with van der Waals surface area (Å²) in [6.07, 6.45) is 0.363. The third-order valence-corrected chi connectivity index (χ3v) is 9.76. The fourth-order valence-electron chi connectivity index (χ4n) is 3.69. The second kappa shape index (κ2) is 8.12. The van der Waals surface area contributed by atoms with Crippen LogP contribution in [0.5, 0.6) is 0 Å². The third-order valence-electron chi connectivity index (χ3n) is 5.80. The molecule has 1 aliphatic rings. The number of rotatable bonds is 6. The van der Waals surface area contributed by atoms with Crippen LogP contribution in [0.15, 0.2) is 4.90 Å². The van der Waals surface area contributed by atoms with Gasteiger partial charge in [-0.3, -0.25) is 4.79 Å². The Labute approximate surface area is 168 Å². The first-order valence-corrected chi connectivity index (χ1v) is 12.6. The Hall–Kier alpha value is -1.45. The summed E-state index contributed by atoms with van der Waals surface area (Å²) >= 11 is 0. The van der Waals surface area contributed by atoms with Gasteiger partial charge in [0.25, 0.3) is 0 Å². The van der Waals surface area contributed by atoms with Crippen molar-refractivity contribution in [1.82, 2.24) is 9.62 Å².